The molecule has 7 nitrogen and oxygen atoms in total. The van der Waals surface area contributed by atoms with Gasteiger partial charge in [0.05, 0.1) is 6.61 Å². The Bertz CT molecular complexity index is 942. The molecule has 0 unspecified atom stereocenters. The summed E-state index contributed by atoms with van der Waals surface area (Å²) >= 11 is 0. The summed E-state index contributed by atoms with van der Waals surface area (Å²) in [6, 6.07) is 11.8. The molecule has 1 N–H and O–H groups in total. The number of benzene rings is 1. The minimum atomic E-state index is 0.0531. The van der Waals surface area contributed by atoms with Crippen LogP contribution in [0.5, 0.6) is 5.75 Å². The molecule has 4 rings (SSSR count). The smallest absolute Gasteiger partial charge is 0.226 e. The van der Waals surface area contributed by atoms with Crippen molar-refractivity contribution in [3.63, 3.8) is 0 Å². The van der Waals surface area contributed by atoms with E-state index in [0.717, 1.165) is 24.2 Å². The molecular formula is C22H24N4O3. The van der Waals surface area contributed by atoms with Gasteiger partial charge in [0.2, 0.25) is 17.6 Å². The summed E-state index contributed by atoms with van der Waals surface area (Å²) in [5.41, 5.74) is 2.08. The Morgan fingerprint density at radius 2 is 2.03 bits per heavy atom. The Kier molecular flexibility index (Phi) is 6.14. The van der Waals surface area contributed by atoms with Crippen molar-refractivity contribution in [2.75, 3.05) is 13.2 Å². The molecule has 1 atom stereocenters. The van der Waals surface area contributed by atoms with E-state index in [0.29, 0.717) is 50.0 Å². The van der Waals surface area contributed by atoms with Crippen molar-refractivity contribution < 1.29 is 14.1 Å². The Morgan fingerprint density at radius 1 is 1.17 bits per heavy atom. The normalized spacial score (nSPS) is 15.8. The van der Waals surface area contributed by atoms with Gasteiger partial charge in [-0.1, -0.05) is 23.4 Å². The standard InChI is InChI=1S/C22H24N4O3/c27-20(24-15-16-10-13-28-19-5-2-1-4-18(19)14-16)6-3-7-21-25-22(26-29-21)17-8-11-23-12-9-17/h1-2,4-5,8-9,11-12,16H,3,6-7,10,13-15H2,(H,24,27)/t16-/m0/s1. The summed E-state index contributed by atoms with van der Waals surface area (Å²) in [5.74, 6) is 2.50. The summed E-state index contributed by atoms with van der Waals surface area (Å²) in [6.45, 7) is 1.36. The number of ether oxygens (including phenoxy) is 1. The highest BCUT2D eigenvalue weighted by Gasteiger charge is 2.18. The van der Waals surface area contributed by atoms with Gasteiger partial charge in [0.1, 0.15) is 5.75 Å². The second kappa shape index (κ2) is 9.32. The van der Waals surface area contributed by atoms with Gasteiger partial charge in [0.25, 0.3) is 0 Å². The van der Waals surface area contributed by atoms with Gasteiger partial charge in [-0.15, -0.1) is 0 Å². The van der Waals surface area contributed by atoms with Crippen LogP contribution in [0, 0.1) is 5.92 Å². The summed E-state index contributed by atoms with van der Waals surface area (Å²) in [6.07, 6.45) is 6.93. The topological polar surface area (TPSA) is 90.1 Å². The molecule has 1 aromatic carbocycles. The van der Waals surface area contributed by atoms with E-state index in [-0.39, 0.29) is 5.91 Å². The van der Waals surface area contributed by atoms with Gasteiger partial charge in [0.15, 0.2) is 0 Å². The molecule has 1 amide bonds. The number of amides is 1. The third-order valence-corrected chi connectivity index (χ3v) is 5.05. The minimum absolute atomic E-state index is 0.0531. The zero-order chi connectivity index (χ0) is 19.9. The zero-order valence-corrected chi connectivity index (χ0v) is 16.2. The van der Waals surface area contributed by atoms with Crippen LogP contribution in [0.25, 0.3) is 11.4 Å². The molecule has 1 aliphatic heterocycles. The zero-order valence-electron chi connectivity index (χ0n) is 16.2. The first kappa shape index (κ1) is 19.1. The highest BCUT2D eigenvalue weighted by Crippen LogP contribution is 2.26. The number of pyridine rings is 1. The molecule has 2 aromatic heterocycles. The lowest BCUT2D eigenvalue weighted by atomic mass is 9.97. The second-order valence-corrected chi connectivity index (χ2v) is 7.22. The van der Waals surface area contributed by atoms with E-state index in [1.807, 2.05) is 30.3 Å². The van der Waals surface area contributed by atoms with Crippen molar-refractivity contribution in [1.29, 1.82) is 0 Å². The molecule has 3 aromatic rings. The molecule has 3 heterocycles. The minimum Gasteiger partial charge on any atom is -0.493 e. The molecule has 0 spiro atoms. The van der Waals surface area contributed by atoms with Crippen LogP contribution in [-0.2, 0) is 17.6 Å². The first-order valence-electron chi connectivity index (χ1n) is 9.98. The Balaban J connectivity index is 1.20. The number of nitrogens with zero attached hydrogens (tertiary/aromatic N) is 3. The first-order chi connectivity index (χ1) is 14.3. The molecule has 7 heteroatoms. The first-order valence-corrected chi connectivity index (χ1v) is 9.98. The van der Waals surface area contributed by atoms with Crippen LogP contribution in [0.2, 0.25) is 0 Å². The maximum absolute atomic E-state index is 12.2. The second-order valence-electron chi connectivity index (χ2n) is 7.22. The van der Waals surface area contributed by atoms with Crippen LogP contribution in [-0.4, -0.2) is 34.2 Å². The van der Waals surface area contributed by atoms with Crippen LogP contribution in [0.3, 0.4) is 0 Å². The van der Waals surface area contributed by atoms with E-state index in [1.54, 1.807) is 12.4 Å². The van der Waals surface area contributed by atoms with Gasteiger partial charge in [-0.25, -0.2) is 0 Å². The predicted octanol–water partition coefficient (Wildman–Crippen LogP) is 3.21. The fraction of sp³-hybridized carbons (Fsp3) is 0.364. The third-order valence-electron chi connectivity index (χ3n) is 5.05. The number of nitrogens with one attached hydrogen (secondary N) is 1. The van der Waals surface area contributed by atoms with Crippen molar-refractivity contribution in [2.45, 2.75) is 32.1 Å². The molecule has 0 saturated carbocycles. The van der Waals surface area contributed by atoms with Crippen molar-refractivity contribution in [3.05, 3.63) is 60.2 Å². The molecule has 29 heavy (non-hydrogen) atoms. The molecule has 0 saturated heterocycles. The molecule has 150 valence electrons. The average molecular weight is 392 g/mol. The fourth-order valence-electron chi connectivity index (χ4n) is 3.46. The highest BCUT2D eigenvalue weighted by molar-refractivity contribution is 5.75. The van der Waals surface area contributed by atoms with Crippen LogP contribution >= 0.6 is 0 Å². The average Bonchev–Trinajstić information content (AvgIpc) is 3.12. The van der Waals surface area contributed by atoms with E-state index in [9.17, 15) is 4.79 Å². The van der Waals surface area contributed by atoms with E-state index < -0.39 is 0 Å². The van der Waals surface area contributed by atoms with Gasteiger partial charge in [-0.2, -0.15) is 4.98 Å². The third kappa shape index (κ3) is 5.19. The largest absolute Gasteiger partial charge is 0.493 e. The lowest BCUT2D eigenvalue weighted by Crippen LogP contribution is -2.30. The monoisotopic (exact) mass is 392 g/mol. The summed E-state index contributed by atoms with van der Waals surface area (Å²) in [4.78, 5) is 20.6. The van der Waals surface area contributed by atoms with E-state index >= 15 is 0 Å². The van der Waals surface area contributed by atoms with E-state index in [1.165, 1.54) is 5.56 Å². The number of fused-ring (bicyclic) bond motifs is 1. The number of para-hydroxylation sites is 1. The highest BCUT2D eigenvalue weighted by atomic mass is 16.5. The molecule has 0 aliphatic carbocycles. The summed E-state index contributed by atoms with van der Waals surface area (Å²) in [7, 11) is 0. The maximum atomic E-state index is 12.2. The van der Waals surface area contributed by atoms with Gasteiger partial charge in [-0.3, -0.25) is 9.78 Å². The SMILES string of the molecule is O=C(CCCc1nc(-c2ccncc2)no1)NC[C@H]1CCOc2ccccc2C1. The van der Waals surface area contributed by atoms with Crippen molar-refractivity contribution in [1.82, 2.24) is 20.4 Å². The maximum Gasteiger partial charge on any atom is 0.226 e. The number of hydrogen-bond acceptors (Lipinski definition) is 6. The number of rotatable bonds is 7. The molecule has 0 bridgehead atoms. The van der Waals surface area contributed by atoms with Crippen molar-refractivity contribution in [3.8, 4) is 17.1 Å². The lowest BCUT2D eigenvalue weighted by Gasteiger charge is -2.14. The van der Waals surface area contributed by atoms with Gasteiger partial charge in [0, 0.05) is 37.3 Å². The van der Waals surface area contributed by atoms with E-state index in [4.69, 9.17) is 9.26 Å². The number of carbonyl (C=O) groups is 1. The molecule has 1 aliphatic rings. The quantitative estimate of drug-likeness (QED) is 0.664. The van der Waals surface area contributed by atoms with Crippen molar-refractivity contribution >= 4 is 5.91 Å². The Labute approximate surface area is 169 Å². The van der Waals surface area contributed by atoms with Crippen LogP contribution < -0.4 is 10.1 Å². The lowest BCUT2D eigenvalue weighted by molar-refractivity contribution is -0.121. The number of hydrogen-bond donors (Lipinski definition) is 1. The molecule has 0 fully saturated rings. The van der Waals surface area contributed by atoms with Gasteiger partial charge < -0.3 is 14.6 Å². The van der Waals surface area contributed by atoms with Crippen LogP contribution in [0.1, 0.15) is 30.7 Å². The molecular weight excluding hydrogens is 368 g/mol. The van der Waals surface area contributed by atoms with Gasteiger partial charge in [-0.05, 0) is 48.9 Å². The number of aromatic nitrogens is 3. The number of aryl methyl sites for hydroxylation is 1. The fourth-order valence-corrected chi connectivity index (χ4v) is 3.46. The number of carbonyl (C=O) groups excluding carboxylic acids is 1. The Morgan fingerprint density at radius 3 is 2.93 bits per heavy atom. The van der Waals surface area contributed by atoms with Crippen molar-refractivity contribution in [2.24, 2.45) is 5.92 Å². The molecule has 0 radical (unpaired) electrons. The van der Waals surface area contributed by atoms with E-state index in [2.05, 4.69) is 26.5 Å². The summed E-state index contributed by atoms with van der Waals surface area (Å²) in [5, 5.41) is 7.04. The van der Waals surface area contributed by atoms with Crippen LogP contribution in [0.4, 0.5) is 0 Å². The van der Waals surface area contributed by atoms with Crippen LogP contribution in [0.15, 0.2) is 53.3 Å². The van der Waals surface area contributed by atoms with Gasteiger partial charge >= 0.3 is 0 Å². The predicted molar refractivity (Wildman–Crippen MR) is 107 cm³/mol. The summed E-state index contributed by atoms with van der Waals surface area (Å²) < 4.78 is 11.1. The Hall–Kier alpha value is -3.22.